The number of aromatic nitrogens is 2. The molecule has 1 aliphatic heterocycles. The summed E-state index contributed by atoms with van der Waals surface area (Å²) in [6, 6.07) is 12.6. The van der Waals surface area contributed by atoms with Crippen molar-refractivity contribution in [1.29, 1.82) is 5.26 Å². The zero-order valence-corrected chi connectivity index (χ0v) is 17.8. The molecule has 2 aliphatic carbocycles. The first kappa shape index (κ1) is 19.4. The monoisotopic (exact) mass is 429 g/mol. The fourth-order valence-electron chi connectivity index (χ4n) is 5.86. The number of hydrogen-bond acceptors (Lipinski definition) is 4. The number of piperidine rings is 1. The van der Waals surface area contributed by atoms with Crippen LogP contribution in [0.4, 0.5) is 4.39 Å². The third-order valence-electron chi connectivity index (χ3n) is 7.62. The van der Waals surface area contributed by atoms with Crippen LogP contribution in [0.3, 0.4) is 0 Å². The number of amides is 1. The highest BCUT2D eigenvalue weighted by Crippen LogP contribution is 2.59. The number of aryl methyl sites for hydroxylation is 1. The van der Waals surface area contributed by atoms with Gasteiger partial charge in [0, 0.05) is 24.9 Å². The zero-order valence-electron chi connectivity index (χ0n) is 17.8. The minimum absolute atomic E-state index is 0.129. The lowest BCUT2D eigenvalue weighted by atomic mass is 9.96. The molecule has 1 saturated heterocycles. The molecule has 2 bridgehead atoms. The number of hydrogen-bond donors (Lipinski definition) is 2. The van der Waals surface area contributed by atoms with E-state index in [1.165, 1.54) is 12.5 Å². The van der Waals surface area contributed by atoms with E-state index in [2.05, 4.69) is 21.8 Å². The average Bonchev–Trinajstić information content (AvgIpc) is 3.20. The van der Waals surface area contributed by atoms with E-state index >= 15 is 0 Å². The number of halogens is 1. The number of nitrogens with zero attached hydrogens (tertiary/aromatic N) is 3. The Morgan fingerprint density at radius 1 is 1.25 bits per heavy atom. The Hall–Kier alpha value is -3.24. The fourth-order valence-corrected chi connectivity index (χ4v) is 5.86. The Kier molecular flexibility index (Phi) is 4.34. The smallest absolute Gasteiger partial charge is 0.238 e. The number of nitriles is 1. The van der Waals surface area contributed by atoms with Crippen LogP contribution in [0.15, 0.2) is 42.6 Å². The SMILES string of the molecule is Cn1ncc2ccc(-c3ccc(C[C@@H](C#N)NC(=O)[C@H]4N[C@H]5C[C@H]4[C@@H]4C[C@@H]45)c(F)c3)cc21. The summed E-state index contributed by atoms with van der Waals surface area (Å²) in [6.45, 7) is 0. The number of carbonyl (C=O) groups is 1. The van der Waals surface area contributed by atoms with Crippen LogP contribution in [-0.4, -0.2) is 33.8 Å². The highest BCUT2D eigenvalue weighted by molar-refractivity contribution is 5.85. The van der Waals surface area contributed by atoms with Crippen LogP contribution in [0.1, 0.15) is 18.4 Å². The first-order valence-electron chi connectivity index (χ1n) is 11.2. The molecule has 162 valence electrons. The first-order valence-corrected chi connectivity index (χ1v) is 11.2. The van der Waals surface area contributed by atoms with Crippen molar-refractivity contribution in [2.75, 3.05) is 0 Å². The molecule has 7 heteroatoms. The van der Waals surface area contributed by atoms with Crippen molar-refractivity contribution in [3.63, 3.8) is 0 Å². The van der Waals surface area contributed by atoms with Gasteiger partial charge in [-0.25, -0.2) is 4.39 Å². The molecule has 1 aromatic heterocycles. The van der Waals surface area contributed by atoms with E-state index in [0.717, 1.165) is 34.4 Å². The second-order valence-corrected chi connectivity index (χ2v) is 9.46. The summed E-state index contributed by atoms with van der Waals surface area (Å²) in [6.07, 6.45) is 4.22. The van der Waals surface area contributed by atoms with Gasteiger partial charge in [0.15, 0.2) is 0 Å². The fraction of sp³-hybridized carbons (Fsp3) is 0.400. The van der Waals surface area contributed by atoms with Crippen molar-refractivity contribution >= 4 is 16.8 Å². The Balaban J connectivity index is 1.16. The lowest BCUT2D eigenvalue weighted by molar-refractivity contribution is -0.124. The highest BCUT2D eigenvalue weighted by Gasteiger charge is 2.62. The van der Waals surface area contributed by atoms with Crippen LogP contribution in [-0.2, 0) is 18.3 Å². The number of benzene rings is 2. The summed E-state index contributed by atoms with van der Waals surface area (Å²) >= 11 is 0. The van der Waals surface area contributed by atoms with Crippen molar-refractivity contribution in [3.8, 4) is 17.2 Å². The second-order valence-electron chi connectivity index (χ2n) is 9.46. The molecule has 6 atom stereocenters. The van der Waals surface area contributed by atoms with Crippen molar-refractivity contribution in [2.45, 2.75) is 37.4 Å². The van der Waals surface area contributed by atoms with Gasteiger partial charge in [-0.3, -0.25) is 9.48 Å². The van der Waals surface area contributed by atoms with Crippen LogP contribution in [0, 0.1) is 34.9 Å². The average molecular weight is 429 g/mol. The molecule has 0 spiro atoms. The van der Waals surface area contributed by atoms with Gasteiger partial charge in [0.1, 0.15) is 11.9 Å². The molecular formula is C25H24FN5O. The number of carbonyl (C=O) groups excluding carboxylic acids is 1. The normalized spacial score (nSPS) is 28.3. The maximum atomic E-state index is 14.9. The van der Waals surface area contributed by atoms with Gasteiger partial charge >= 0.3 is 0 Å². The number of nitrogens with one attached hydrogen (secondary N) is 2. The molecule has 2 aromatic carbocycles. The third-order valence-corrected chi connectivity index (χ3v) is 7.62. The van der Waals surface area contributed by atoms with Gasteiger partial charge in [-0.2, -0.15) is 10.4 Å². The Morgan fingerprint density at radius 3 is 2.81 bits per heavy atom. The third kappa shape index (κ3) is 3.09. The van der Waals surface area contributed by atoms with E-state index in [1.807, 2.05) is 31.3 Å². The maximum absolute atomic E-state index is 14.9. The molecule has 1 amide bonds. The molecule has 6 rings (SSSR count). The number of rotatable bonds is 5. The van der Waals surface area contributed by atoms with Gasteiger partial charge in [0.25, 0.3) is 0 Å². The maximum Gasteiger partial charge on any atom is 0.238 e. The van der Waals surface area contributed by atoms with Crippen LogP contribution >= 0.6 is 0 Å². The van der Waals surface area contributed by atoms with E-state index in [1.54, 1.807) is 16.9 Å². The summed E-state index contributed by atoms with van der Waals surface area (Å²) in [7, 11) is 1.88. The van der Waals surface area contributed by atoms with Gasteiger partial charge < -0.3 is 10.6 Å². The van der Waals surface area contributed by atoms with Crippen LogP contribution in [0.25, 0.3) is 22.0 Å². The molecule has 0 radical (unpaired) electrons. The molecule has 32 heavy (non-hydrogen) atoms. The molecule has 3 aliphatic rings. The van der Waals surface area contributed by atoms with E-state index in [4.69, 9.17) is 0 Å². The Labute approximate surface area is 185 Å². The van der Waals surface area contributed by atoms with Crippen LogP contribution in [0.5, 0.6) is 0 Å². The molecule has 2 heterocycles. The second kappa shape index (κ2) is 7.14. The van der Waals surface area contributed by atoms with Gasteiger partial charge in [0.2, 0.25) is 5.91 Å². The zero-order chi connectivity index (χ0) is 22.0. The quantitative estimate of drug-likeness (QED) is 0.653. The summed E-state index contributed by atoms with van der Waals surface area (Å²) in [4.78, 5) is 12.8. The topological polar surface area (TPSA) is 82.7 Å². The molecular weight excluding hydrogens is 405 g/mol. The highest BCUT2D eigenvalue weighted by atomic mass is 19.1. The van der Waals surface area contributed by atoms with Gasteiger partial charge in [0.05, 0.1) is 23.8 Å². The molecule has 2 saturated carbocycles. The predicted octanol–water partition coefficient (Wildman–Crippen LogP) is 2.93. The van der Waals surface area contributed by atoms with Gasteiger partial charge in [-0.15, -0.1) is 0 Å². The minimum Gasteiger partial charge on any atom is -0.339 e. The lowest BCUT2D eigenvalue weighted by Gasteiger charge is -2.23. The molecule has 3 aromatic rings. The van der Waals surface area contributed by atoms with Crippen molar-refractivity contribution in [3.05, 3.63) is 54.0 Å². The van der Waals surface area contributed by atoms with Crippen molar-refractivity contribution in [2.24, 2.45) is 24.8 Å². The Morgan fingerprint density at radius 2 is 2.06 bits per heavy atom. The number of fused-ring (bicyclic) bond motifs is 6. The van der Waals surface area contributed by atoms with Crippen molar-refractivity contribution < 1.29 is 9.18 Å². The van der Waals surface area contributed by atoms with Gasteiger partial charge in [-0.05, 0) is 59.4 Å². The van der Waals surface area contributed by atoms with E-state index in [0.29, 0.717) is 23.4 Å². The predicted molar refractivity (Wildman–Crippen MR) is 118 cm³/mol. The first-order chi connectivity index (χ1) is 15.5. The largest absolute Gasteiger partial charge is 0.339 e. The van der Waals surface area contributed by atoms with E-state index in [9.17, 15) is 14.4 Å². The van der Waals surface area contributed by atoms with Crippen LogP contribution in [0.2, 0.25) is 0 Å². The van der Waals surface area contributed by atoms with Crippen molar-refractivity contribution in [1.82, 2.24) is 20.4 Å². The summed E-state index contributed by atoms with van der Waals surface area (Å²) < 4.78 is 16.7. The summed E-state index contributed by atoms with van der Waals surface area (Å²) in [5, 5.41) is 21.1. The summed E-state index contributed by atoms with van der Waals surface area (Å²) in [5.41, 5.74) is 3.06. The lowest BCUT2D eigenvalue weighted by Crippen LogP contribution is -2.51. The molecule has 3 fully saturated rings. The standard InChI is InChI=1S/C25H24FN5O/c1-31-23-8-14(3-5-16(23)12-28-31)13-2-4-15(21(26)7-13)6-17(11-27)29-25(32)24-20-10-22(30-24)19-9-18(19)20/h2-5,7-8,12,17-20,22,24,30H,6,9-10H2,1H3,(H,29,32)/t17-,18+,19-,20-,22-,24-/m0/s1. The van der Waals surface area contributed by atoms with E-state index in [-0.39, 0.29) is 24.2 Å². The molecule has 0 unspecified atom stereocenters. The minimum atomic E-state index is -0.760. The molecule has 6 nitrogen and oxygen atoms in total. The Bertz CT molecular complexity index is 1280. The van der Waals surface area contributed by atoms with E-state index < -0.39 is 6.04 Å². The summed E-state index contributed by atoms with van der Waals surface area (Å²) in [5.74, 6) is 1.31. The van der Waals surface area contributed by atoms with Crippen LogP contribution < -0.4 is 10.6 Å². The molecule has 2 N–H and O–H groups in total. The van der Waals surface area contributed by atoms with Gasteiger partial charge in [-0.1, -0.05) is 24.3 Å².